The van der Waals surface area contributed by atoms with Crippen LogP contribution < -0.4 is 16.2 Å². The first kappa shape index (κ1) is 23.5. The monoisotopic (exact) mass is 331 g/mol. The molecule has 0 aliphatic rings. The highest BCUT2D eigenvalue weighted by Gasteiger charge is 2.00. The minimum atomic E-state index is 0. The second-order valence-electron chi connectivity index (χ2n) is 4.16. The summed E-state index contributed by atoms with van der Waals surface area (Å²) in [5, 5.41) is 0. The number of hydrogen-bond donors (Lipinski definition) is 2. The first-order valence-corrected chi connectivity index (χ1v) is 5.52. The summed E-state index contributed by atoms with van der Waals surface area (Å²) >= 11 is 0. The quantitative estimate of drug-likeness (QED) is 0.621. The summed E-state index contributed by atoms with van der Waals surface area (Å²) in [6, 6.07) is 5.33. The van der Waals surface area contributed by atoms with E-state index < -0.39 is 0 Å². The first-order chi connectivity index (χ1) is 7.59. The topological polar surface area (TPSA) is 64.5 Å². The number of nitrogens with zero attached hydrogens (tertiary/aromatic N) is 1. The van der Waals surface area contributed by atoms with Gasteiger partial charge in [0.15, 0.2) is 0 Å². The molecule has 1 aromatic carbocycles. The smallest absolute Gasteiger partial charge is 0.142 e. The van der Waals surface area contributed by atoms with Crippen LogP contribution in [-0.4, -0.2) is 32.1 Å². The van der Waals surface area contributed by atoms with Crippen LogP contribution in [0.3, 0.4) is 0 Å². The van der Waals surface area contributed by atoms with Crippen LogP contribution in [0.4, 0.5) is 11.4 Å². The fraction of sp³-hybridized carbons (Fsp3) is 0.500. The molecule has 0 saturated heterocycles. The summed E-state index contributed by atoms with van der Waals surface area (Å²) in [7, 11) is 4.14. The van der Waals surface area contributed by atoms with Crippen molar-refractivity contribution in [3.63, 3.8) is 0 Å². The minimum absolute atomic E-state index is 0. The zero-order chi connectivity index (χ0) is 12.0. The van der Waals surface area contributed by atoms with Gasteiger partial charge in [-0.3, -0.25) is 0 Å². The molecule has 0 fully saturated rings. The van der Waals surface area contributed by atoms with E-state index >= 15 is 0 Å². The van der Waals surface area contributed by atoms with Gasteiger partial charge in [0, 0.05) is 5.69 Å². The maximum absolute atomic E-state index is 5.77. The van der Waals surface area contributed by atoms with E-state index in [-0.39, 0.29) is 37.2 Å². The molecule has 0 spiro atoms. The van der Waals surface area contributed by atoms with Gasteiger partial charge in [-0.2, -0.15) is 0 Å². The number of anilines is 2. The second-order valence-corrected chi connectivity index (χ2v) is 4.16. The zero-order valence-corrected chi connectivity index (χ0v) is 13.7. The van der Waals surface area contributed by atoms with E-state index in [1.807, 2.05) is 6.07 Å². The predicted molar refractivity (Wildman–Crippen MR) is 90.3 cm³/mol. The molecule has 4 N–H and O–H groups in total. The van der Waals surface area contributed by atoms with Gasteiger partial charge in [0.25, 0.3) is 0 Å². The third-order valence-electron chi connectivity index (χ3n) is 2.29. The van der Waals surface area contributed by atoms with Gasteiger partial charge in [0.1, 0.15) is 5.75 Å². The molecule has 0 unspecified atom stereocenters. The van der Waals surface area contributed by atoms with Gasteiger partial charge in [-0.25, -0.2) is 0 Å². The minimum Gasteiger partial charge on any atom is -0.491 e. The number of ether oxygens (including phenoxy) is 1. The number of hydrogen-bond acceptors (Lipinski definition) is 4. The Morgan fingerprint density at radius 1 is 1.05 bits per heavy atom. The Morgan fingerprint density at radius 3 is 2.21 bits per heavy atom. The normalized spacial score (nSPS) is 9.00. The van der Waals surface area contributed by atoms with Gasteiger partial charge < -0.3 is 21.1 Å². The Balaban J connectivity index is -0.000000853. The number of nitrogen functional groups attached to an aromatic ring is 2. The van der Waals surface area contributed by atoms with Crippen molar-refractivity contribution in [1.29, 1.82) is 0 Å². The Hall–Kier alpha value is -0.550. The van der Waals surface area contributed by atoms with E-state index in [9.17, 15) is 0 Å². The predicted octanol–water partition coefficient (Wildman–Crippen LogP) is 2.84. The fourth-order valence-electron chi connectivity index (χ4n) is 1.41. The molecule has 114 valence electrons. The van der Waals surface area contributed by atoms with Crippen molar-refractivity contribution in [2.75, 3.05) is 38.7 Å². The molecule has 4 nitrogen and oxygen atoms in total. The van der Waals surface area contributed by atoms with Crippen LogP contribution in [0.15, 0.2) is 18.2 Å². The molecule has 0 radical (unpaired) electrons. The number of halogens is 3. The van der Waals surface area contributed by atoms with Crippen LogP contribution in [-0.2, 0) is 0 Å². The van der Waals surface area contributed by atoms with Crippen molar-refractivity contribution in [3.8, 4) is 5.75 Å². The fourth-order valence-corrected chi connectivity index (χ4v) is 1.41. The van der Waals surface area contributed by atoms with E-state index in [1.54, 1.807) is 12.1 Å². The Bertz CT molecular complexity index is 338. The van der Waals surface area contributed by atoms with Crippen molar-refractivity contribution >= 4 is 48.6 Å². The van der Waals surface area contributed by atoms with E-state index in [0.29, 0.717) is 18.0 Å². The lowest BCUT2D eigenvalue weighted by atomic mass is 10.2. The van der Waals surface area contributed by atoms with E-state index in [2.05, 4.69) is 19.0 Å². The molecule has 1 rings (SSSR count). The van der Waals surface area contributed by atoms with Gasteiger partial charge >= 0.3 is 0 Å². The summed E-state index contributed by atoms with van der Waals surface area (Å²) in [4.78, 5) is 2.16. The van der Waals surface area contributed by atoms with E-state index in [4.69, 9.17) is 16.2 Å². The molecule has 0 bridgehead atoms. The van der Waals surface area contributed by atoms with Crippen molar-refractivity contribution < 1.29 is 4.74 Å². The lowest BCUT2D eigenvalue weighted by Crippen LogP contribution is -2.13. The maximum Gasteiger partial charge on any atom is 0.142 e. The molecule has 0 aromatic heterocycles. The van der Waals surface area contributed by atoms with Crippen LogP contribution in [0.25, 0.3) is 0 Å². The average molecular weight is 333 g/mol. The maximum atomic E-state index is 5.77. The number of rotatable bonds is 6. The van der Waals surface area contributed by atoms with Gasteiger partial charge in [-0.05, 0) is 51.7 Å². The molecule has 0 amide bonds. The molecule has 7 heteroatoms. The molecule has 0 saturated carbocycles. The summed E-state index contributed by atoms with van der Waals surface area (Å²) in [5.74, 6) is 0.721. The molecule has 19 heavy (non-hydrogen) atoms. The zero-order valence-electron chi connectivity index (χ0n) is 11.3. The van der Waals surface area contributed by atoms with Gasteiger partial charge in [0.05, 0.1) is 12.3 Å². The summed E-state index contributed by atoms with van der Waals surface area (Å²) < 4.78 is 5.57. The highest BCUT2D eigenvalue weighted by Crippen LogP contribution is 2.23. The number of benzene rings is 1. The van der Waals surface area contributed by atoms with Gasteiger partial charge in [0.2, 0.25) is 0 Å². The van der Waals surface area contributed by atoms with Crippen molar-refractivity contribution in [1.82, 2.24) is 4.90 Å². The summed E-state index contributed by atoms with van der Waals surface area (Å²) in [6.07, 6.45) is 2.16. The molecule has 0 aliphatic carbocycles. The number of unbranched alkanes of at least 4 members (excludes halogenated alkanes) is 1. The lowest BCUT2D eigenvalue weighted by molar-refractivity contribution is 0.294. The van der Waals surface area contributed by atoms with Gasteiger partial charge in [-0.1, -0.05) is 0 Å². The standard InChI is InChI=1S/C12H21N3O.3ClH/c1-15(2)7-3-4-8-16-12-6-5-10(13)9-11(12)14;;;/h5-6,9H,3-4,7-8,13-14H2,1-2H3;3*1H. The van der Waals surface area contributed by atoms with Crippen molar-refractivity contribution in [2.45, 2.75) is 12.8 Å². The molecule has 1 aromatic rings. The molecular formula is C12H24Cl3N3O. The average Bonchev–Trinajstić information content (AvgIpc) is 2.20. The molecular weight excluding hydrogens is 309 g/mol. The third-order valence-corrected chi connectivity index (χ3v) is 2.29. The first-order valence-electron chi connectivity index (χ1n) is 5.52. The summed E-state index contributed by atoms with van der Waals surface area (Å²) in [5.41, 5.74) is 12.6. The van der Waals surface area contributed by atoms with E-state index in [1.165, 1.54) is 0 Å². The highest BCUT2D eigenvalue weighted by molar-refractivity contribution is 5.86. The van der Waals surface area contributed by atoms with Crippen LogP contribution >= 0.6 is 37.2 Å². The third kappa shape index (κ3) is 9.96. The van der Waals surface area contributed by atoms with Crippen LogP contribution in [0, 0.1) is 0 Å². The second kappa shape index (κ2) is 12.5. The highest BCUT2D eigenvalue weighted by atomic mass is 35.5. The molecule has 0 aliphatic heterocycles. The molecule has 0 atom stereocenters. The Morgan fingerprint density at radius 2 is 1.68 bits per heavy atom. The SMILES string of the molecule is CN(C)CCCCOc1ccc(N)cc1N.Cl.Cl.Cl. The van der Waals surface area contributed by atoms with E-state index in [0.717, 1.165) is 25.1 Å². The van der Waals surface area contributed by atoms with Crippen LogP contribution in [0.2, 0.25) is 0 Å². The summed E-state index contributed by atoms with van der Waals surface area (Å²) in [6.45, 7) is 1.78. The Labute approximate surface area is 134 Å². The van der Waals surface area contributed by atoms with Gasteiger partial charge in [-0.15, -0.1) is 37.2 Å². The lowest BCUT2D eigenvalue weighted by Gasteiger charge is -2.11. The molecule has 0 heterocycles. The largest absolute Gasteiger partial charge is 0.491 e. The van der Waals surface area contributed by atoms with Crippen LogP contribution in [0.1, 0.15) is 12.8 Å². The van der Waals surface area contributed by atoms with Crippen LogP contribution in [0.5, 0.6) is 5.75 Å². The van der Waals surface area contributed by atoms with Crippen molar-refractivity contribution in [3.05, 3.63) is 18.2 Å². The number of nitrogens with two attached hydrogens (primary N) is 2. The van der Waals surface area contributed by atoms with Crippen molar-refractivity contribution in [2.24, 2.45) is 0 Å². The Kier molecular flexibility index (Phi) is 15.5.